The van der Waals surface area contributed by atoms with E-state index in [1.165, 1.54) is 23.7 Å². The van der Waals surface area contributed by atoms with Crippen molar-refractivity contribution in [3.63, 3.8) is 0 Å². The molecule has 3 aromatic rings. The van der Waals surface area contributed by atoms with E-state index in [2.05, 4.69) is 10.1 Å². The zero-order chi connectivity index (χ0) is 15.0. The number of carbonyl (C=O) groups is 1. The molecular formula is C14H11ClN4O2. The fourth-order valence-electron chi connectivity index (χ4n) is 2.00. The summed E-state index contributed by atoms with van der Waals surface area (Å²) in [6, 6.07) is 6.28. The third-order valence-electron chi connectivity index (χ3n) is 3.00. The second kappa shape index (κ2) is 5.14. The Morgan fingerprint density at radius 1 is 1.24 bits per heavy atom. The van der Waals surface area contributed by atoms with Gasteiger partial charge in [-0.25, -0.2) is 9.67 Å². The van der Waals surface area contributed by atoms with Gasteiger partial charge in [0.2, 0.25) is 0 Å². The molecule has 21 heavy (non-hydrogen) atoms. The Morgan fingerprint density at radius 3 is 2.81 bits per heavy atom. The van der Waals surface area contributed by atoms with Crippen LogP contribution in [0.1, 0.15) is 23.1 Å². The smallest absolute Gasteiger partial charge is 0.267 e. The first-order valence-corrected chi connectivity index (χ1v) is 6.63. The number of fused-ring (bicyclic) bond motifs is 1. The normalized spacial score (nSPS) is 11.0. The lowest BCUT2D eigenvalue weighted by molar-refractivity contribution is 0.101. The van der Waals surface area contributed by atoms with Crippen molar-refractivity contribution in [2.24, 2.45) is 0 Å². The Hall–Kier alpha value is -2.47. The molecule has 0 saturated carbocycles. The molecule has 0 saturated heterocycles. The fourth-order valence-corrected chi connectivity index (χ4v) is 2.16. The molecule has 0 aromatic carbocycles. The Balaban J connectivity index is 2.00. The van der Waals surface area contributed by atoms with E-state index in [1.807, 2.05) is 0 Å². The second-order valence-corrected chi connectivity index (χ2v) is 5.05. The van der Waals surface area contributed by atoms with Crippen LogP contribution in [0.25, 0.3) is 5.65 Å². The molecule has 6 nitrogen and oxygen atoms in total. The maximum Gasteiger partial charge on any atom is 0.267 e. The number of rotatable bonds is 3. The van der Waals surface area contributed by atoms with Gasteiger partial charge in [0.1, 0.15) is 11.3 Å². The van der Waals surface area contributed by atoms with Gasteiger partial charge >= 0.3 is 0 Å². The van der Waals surface area contributed by atoms with Crippen molar-refractivity contribution in [1.29, 1.82) is 0 Å². The SMILES string of the molecule is CC(=O)c1ccc(=O)n(Cc2cn3cc(Cl)ccc3n2)n1. The van der Waals surface area contributed by atoms with Crippen LogP contribution in [0.2, 0.25) is 5.02 Å². The zero-order valence-electron chi connectivity index (χ0n) is 11.2. The maximum absolute atomic E-state index is 11.8. The number of ketones is 1. The lowest BCUT2D eigenvalue weighted by atomic mass is 10.3. The molecule has 7 heteroatoms. The maximum atomic E-state index is 11.8. The molecule has 0 aliphatic heterocycles. The van der Waals surface area contributed by atoms with Crippen LogP contribution in [0, 0.1) is 0 Å². The molecule has 0 radical (unpaired) electrons. The lowest BCUT2D eigenvalue weighted by Gasteiger charge is -2.02. The highest BCUT2D eigenvalue weighted by Gasteiger charge is 2.08. The van der Waals surface area contributed by atoms with Crippen LogP contribution in [0.5, 0.6) is 0 Å². The van der Waals surface area contributed by atoms with E-state index in [0.717, 1.165) is 5.65 Å². The first-order chi connectivity index (χ1) is 10.0. The summed E-state index contributed by atoms with van der Waals surface area (Å²) in [5.74, 6) is -0.189. The molecular weight excluding hydrogens is 292 g/mol. The second-order valence-electron chi connectivity index (χ2n) is 4.62. The number of aromatic nitrogens is 4. The van der Waals surface area contributed by atoms with Crippen molar-refractivity contribution in [1.82, 2.24) is 19.2 Å². The lowest BCUT2D eigenvalue weighted by Crippen LogP contribution is -2.24. The minimum absolute atomic E-state index is 0.189. The molecule has 0 bridgehead atoms. The number of pyridine rings is 1. The number of hydrogen-bond acceptors (Lipinski definition) is 4. The van der Waals surface area contributed by atoms with Gasteiger partial charge in [-0.3, -0.25) is 9.59 Å². The molecule has 0 unspecified atom stereocenters. The van der Waals surface area contributed by atoms with Crippen molar-refractivity contribution in [3.8, 4) is 0 Å². The van der Waals surface area contributed by atoms with Crippen molar-refractivity contribution >= 4 is 23.0 Å². The molecule has 0 spiro atoms. The van der Waals surface area contributed by atoms with Gasteiger partial charge in [0, 0.05) is 25.4 Å². The van der Waals surface area contributed by atoms with E-state index in [9.17, 15) is 9.59 Å². The van der Waals surface area contributed by atoms with Gasteiger partial charge in [-0.15, -0.1) is 0 Å². The van der Waals surface area contributed by atoms with E-state index in [1.54, 1.807) is 28.9 Å². The van der Waals surface area contributed by atoms with E-state index in [4.69, 9.17) is 11.6 Å². The van der Waals surface area contributed by atoms with Crippen LogP contribution in [-0.2, 0) is 6.54 Å². The average Bonchev–Trinajstić information content (AvgIpc) is 2.82. The Labute approximate surface area is 124 Å². The highest BCUT2D eigenvalue weighted by atomic mass is 35.5. The van der Waals surface area contributed by atoms with Crippen molar-refractivity contribution < 1.29 is 4.79 Å². The molecule has 3 rings (SSSR count). The van der Waals surface area contributed by atoms with Gasteiger partial charge in [-0.05, 0) is 18.2 Å². The van der Waals surface area contributed by atoms with Gasteiger partial charge < -0.3 is 4.40 Å². The predicted octanol–water partition coefficient (Wildman–Crippen LogP) is 1.80. The van der Waals surface area contributed by atoms with Crippen LogP contribution in [-0.4, -0.2) is 24.9 Å². The van der Waals surface area contributed by atoms with Crippen molar-refractivity contribution in [2.45, 2.75) is 13.5 Å². The van der Waals surface area contributed by atoms with E-state index >= 15 is 0 Å². The third kappa shape index (κ3) is 2.71. The minimum atomic E-state index is -0.282. The Bertz CT molecular complexity index is 897. The number of imidazole rings is 1. The predicted molar refractivity (Wildman–Crippen MR) is 77.8 cm³/mol. The van der Waals surface area contributed by atoms with Crippen LogP contribution >= 0.6 is 11.6 Å². The number of carbonyl (C=O) groups excluding carboxylic acids is 1. The molecule has 0 aliphatic carbocycles. The summed E-state index contributed by atoms with van der Waals surface area (Å²) in [6.45, 7) is 1.60. The molecule has 3 aromatic heterocycles. The number of halogens is 1. The summed E-state index contributed by atoms with van der Waals surface area (Å²) in [4.78, 5) is 27.5. The largest absolute Gasteiger partial charge is 0.305 e. The minimum Gasteiger partial charge on any atom is -0.305 e. The molecule has 0 atom stereocenters. The quantitative estimate of drug-likeness (QED) is 0.692. The monoisotopic (exact) mass is 302 g/mol. The molecule has 3 heterocycles. The van der Waals surface area contributed by atoms with E-state index in [-0.39, 0.29) is 23.6 Å². The Morgan fingerprint density at radius 2 is 2.05 bits per heavy atom. The van der Waals surface area contributed by atoms with Crippen LogP contribution in [0.3, 0.4) is 0 Å². The van der Waals surface area contributed by atoms with Crippen molar-refractivity contribution in [3.05, 3.63) is 63.4 Å². The molecule has 0 aliphatic rings. The van der Waals surface area contributed by atoms with Crippen LogP contribution < -0.4 is 5.56 Å². The highest BCUT2D eigenvalue weighted by molar-refractivity contribution is 6.30. The summed E-state index contributed by atoms with van der Waals surface area (Å²) in [7, 11) is 0. The zero-order valence-corrected chi connectivity index (χ0v) is 11.9. The number of hydrogen-bond donors (Lipinski definition) is 0. The van der Waals surface area contributed by atoms with Crippen LogP contribution in [0.4, 0.5) is 0 Å². The van der Waals surface area contributed by atoms with Gasteiger partial charge in [-0.1, -0.05) is 11.6 Å². The van der Waals surface area contributed by atoms with E-state index in [0.29, 0.717) is 10.7 Å². The van der Waals surface area contributed by atoms with Gasteiger partial charge in [0.05, 0.1) is 17.3 Å². The van der Waals surface area contributed by atoms with Gasteiger partial charge in [0.25, 0.3) is 5.56 Å². The highest BCUT2D eigenvalue weighted by Crippen LogP contribution is 2.12. The molecule has 106 valence electrons. The molecule has 0 N–H and O–H groups in total. The molecule has 0 fully saturated rings. The summed E-state index contributed by atoms with van der Waals surface area (Å²) >= 11 is 5.92. The Kier molecular flexibility index (Phi) is 3.31. The average molecular weight is 303 g/mol. The number of nitrogens with zero attached hydrogens (tertiary/aromatic N) is 4. The topological polar surface area (TPSA) is 69.3 Å². The first kappa shape index (κ1) is 13.5. The van der Waals surface area contributed by atoms with Gasteiger partial charge in [-0.2, -0.15) is 5.10 Å². The number of Topliss-reactive ketones (excluding diaryl/α,β-unsaturated/α-hetero) is 1. The summed E-state index contributed by atoms with van der Waals surface area (Å²) in [5, 5.41) is 4.63. The summed E-state index contributed by atoms with van der Waals surface area (Å²) in [6.07, 6.45) is 3.51. The molecule has 0 amide bonds. The fraction of sp³-hybridized carbons (Fsp3) is 0.143. The first-order valence-electron chi connectivity index (χ1n) is 6.25. The summed E-state index contributed by atoms with van der Waals surface area (Å²) in [5.41, 5.74) is 1.36. The third-order valence-corrected chi connectivity index (χ3v) is 3.23. The summed E-state index contributed by atoms with van der Waals surface area (Å²) < 4.78 is 3.00. The standard InChI is InChI=1S/C14H11ClN4O2/c1-9(20)12-3-5-14(21)19(17-12)8-11-7-18-6-10(15)2-4-13(18)16-11/h2-7H,8H2,1H3. The van der Waals surface area contributed by atoms with E-state index < -0.39 is 0 Å². The van der Waals surface area contributed by atoms with Gasteiger partial charge in [0.15, 0.2) is 5.78 Å². The van der Waals surface area contributed by atoms with Crippen LogP contribution in [0.15, 0.2) is 41.5 Å². The van der Waals surface area contributed by atoms with Crippen molar-refractivity contribution in [2.75, 3.05) is 0 Å².